The van der Waals surface area contributed by atoms with Crippen LogP contribution in [0, 0.1) is 0 Å². The molecule has 19 heteroatoms. The highest BCUT2D eigenvalue weighted by molar-refractivity contribution is 5.76. The Morgan fingerprint density at radius 1 is 0.343 bits per heavy atom. The number of aliphatic hydroxyl groups excluding tert-OH is 11. The Kier molecular flexibility index (Phi) is 60.5. The van der Waals surface area contributed by atoms with Gasteiger partial charge in [-0.05, 0) is 122 Å². The fraction of sp³-hybridized carbons (Fsp3) is 0.697. The van der Waals surface area contributed by atoms with Gasteiger partial charge in [0.1, 0.15) is 73.2 Å². The van der Waals surface area contributed by atoms with E-state index in [1.54, 1.807) is 6.08 Å². The van der Waals surface area contributed by atoms with E-state index < -0.39 is 131 Å². The summed E-state index contributed by atoms with van der Waals surface area (Å²) in [5.74, 6) is -0.337. The standard InChI is InChI=1S/C89H147NO18/c1-3-5-7-9-11-13-15-17-19-21-23-25-27-29-31-33-35-36-37-39-41-43-45-47-49-51-53-55-57-59-61-63-65-67-77(95)90-72(73(94)66-64-62-60-58-56-54-52-50-48-46-44-42-40-38-34-32-30-28-26-24-22-20-18-16-14-12-10-8-6-4-2)71-103-87-83(101)80(98)85(75(69-92)105-87)108-89-84(102)81(99)86(76(70-93)106-89)107-88-82(100)79(97)78(96)74(68-91)104-88/h5,7,11,13,17,19,23,25,29,31,35-36,39,41,45,47-48,50-51,53,56-59,64,66,72-76,78-89,91-94,96-102H,3-4,6,8-10,12,14-16,18,20-22,24,26-28,30,32-34,37-38,40,42-44,46,49,52,54-55,60-63,65,67-71H2,1-2H3,(H,90,95)/b7-5-,13-11-,19-17-,25-23-,31-29-,36-35-,41-39-,47-45-,50-48+,53-51-,58-56+,59-57-,66-64+. The number of nitrogens with one attached hydrogen (secondary N) is 1. The van der Waals surface area contributed by atoms with Crippen molar-refractivity contribution in [2.45, 2.75) is 369 Å². The number of carbonyl (C=O) groups is 1. The summed E-state index contributed by atoms with van der Waals surface area (Å²) in [5, 5.41) is 121. The molecule has 19 nitrogen and oxygen atoms in total. The second kappa shape index (κ2) is 67.0. The predicted octanol–water partition coefficient (Wildman–Crippen LogP) is 14.8. The first-order chi connectivity index (χ1) is 52.8. The number of rotatable bonds is 64. The molecule has 3 saturated heterocycles. The lowest BCUT2D eigenvalue weighted by Crippen LogP contribution is -2.66. The van der Waals surface area contributed by atoms with E-state index in [9.17, 15) is 61.0 Å². The van der Waals surface area contributed by atoms with Crippen LogP contribution in [0.15, 0.2) is 158 Å². The number of amides is 1. The van der Waals surface area contributed by atoms with E-state index in [-0.39, 0.29) is 12.3 Å². The molecule has 616 valence electrons. The molecule has 0 spiro atoms. The lowest BCUT2D eigenvalue weighted by atomic mass is 9.96. The van der Waals surface area contributed by atoms with Crippen LogP contribution in [-0.4, -0.2) is 193 Å². The quantitative estimate of drug-likeness (QED) is 0.0199. The fourth-order valence-electron chi connectivity index (χ4n) is 12.9. The minimum absolute atomic E-state index is 0.165. The number of hydrogen-bond donors (Lipinski definition) is 12. The average Bonchev–Trinajstić information content (AvgIpc) is 0.779. The van der Waals surface area contributed by atoms with Gasteiger partial charge in [-0.25, -0.2) is 0 Å². The zero-order chi connectivity index (χ0) is 78.1. The van der Waals surface area contributed by atoms with Crippen molar-refractivity contribution in [3.63, 3.8) is 0 Å². The van der Waals surface area contributed by atoms with Crippen molar-refractivity contribution in [3.05, 3.63) is 158 Å². The van der Waals surface area contributed by atoms with Crippen molar-refractivity contribution in [3.8, 4) is 0 Å². The first-order valence-corrected chi connectivity index (χ1v) is 41.7. The molecule has 0 aromatic heterocycles. The molecular weight excluding hydrogens is 1370 g/mol. The molecule has 0 aromatic carbocycles. The van der Waals surface area contributed by atoms with E-state index in [2.05, 4.69) is 165 Å². The highest BCUT2D eigenvalue weighted by Gasteiger charge is 2.54. The Balaban J connectivity index is 1.41. The van der Waals surface area contributed by atoms with E-state index in [4.69, 9.17) is 28.4 Å². The SMILES string of the molecule is CC/C=C\C/C=C\C/C=C\C/C=C\C/C=C\C/C=C\C/C=C\C/C=C\C/C=C\C/C=C\CCCCC(=O)NC(COC1OC(CO)C(OC2OC(CO)C(OC3OC(CO)C(O)C(O)C3O)C(O)C2O)C(O)C1O)C(O)/C=C/CC/C=C/CC/C=C/CCCCCCCCCCCCCCCCCCCCCC. The molecule has 0 bridgehead atoms. The van der Waals surface area contributed by atoms with E-state index in [1.807, 2.05) is 6.08 Å². The number of hydrogen-bond acceptors (Lipinski definition) is 18. The monoisotopic (exact) mass is 1520 g/mol. The normalized spacial score (nSPS) is 26.2. The van der Waals surface area contributed by atoms with Crippen LogP contribution < -0.4 is 5.32 Å². The Morgan fingerprint density at radius 3 is 1.04 bits per heavy atom. The van der Waals surface area contributed by atoms with Crippen LogP contribution in [0.5, 0.6) is 0 Å². The van der Waals surface area contributed by atoms with Gasteiger partial charge in [0.25, 0.3) is 0 Å². The summed E-state index contributed by atoms with van der Waals surface area (Å²) in [6.45, 7) is 1.57. The molecule has 0 radical (unpaired) electrons. The van der Waals surface area contributed by atoms with Crippen molar-refractivity contribution in [1.82, 2.24) is 5.32 Å². The zero-order valence-electron chi connectivity index (χ0n) is 66.0. The number of carbonyl (C=O) groups excluding carboxylic acids is 1. The molecule has 3 fully saturated rings. The van der Waals surface area contributed by atoms with Crippen molar-refractivity contribution in [2.24, 2.45) is 0 Å². The van der Waals surface area contributed by atoms with Crippen LogP contribution in [0.25, 0.3) is 0 Å². The molecule has 17 unspecified atom stereocenters. The van der Waals surface area contributed by atoms with E-state index >= 15 is 0 Å². The Labute approximate surface area is 650 Å². The van der Waals surface area contributed by atoms with Crippen LogP contribution in [0.2, 0.25) is 0 Å². The highest BCUT2D eigenvalue weighted by Crippen LogP contribution is 2.33. The zero-order valence-corrected chi connectivity index (χ0v) is 66.0. The third kappa shape index (κ3) is 45.8. The lowest BCUT2D eigenvalue weighted by molar-refractivity contribution is -0.379. The lowest BCUT2D eigenvalue weighted by Gasteiger charge is -2.48. The third-order valence-corrected chi connectivity index (χ3v) is 19.5. The molecular formula is C89H147NO18. The van der Waals surface area contributed by atoms with Crippen LogP contribution >= 0.6 is 0 Å². The molecule has 0 saturated carbocycles. The molecule has 108 heavy (non-hydrogen) atoms. The minimum atomic E-state index is -2.00. The molecule has 3 rings (SSSR count). The van der Waals surface area contributed by atoms with Gasteiger partial charge in [0, 0.05) is 6.42 Å². The number of unbranched alkanes of at least 4 members (excludes halogenated alkanes) is 24. The van der Waals surface area contributed by atoms with Gasteiger partial charge in [-0.2, -0.15) is 0 Å². The van der Waals surface area contributed by atoms with E-state index in [0.717, 1.165) is 103 Å². The van der Waals surface area contributed by atoms with Crippen LogP contribution in [-0.2, 0) is 33.2 Å². The molecule has 17 atom stereocenters. The molecule has 0 aromatic rings. The number of aliphatic hydroxyl groups is 11. The first-order valence-electron chi connectivity index (χ1n) is 41.7. The largest absolute Gasteiger partial charge is 0.394 e. The van der Waals surface area contributed by atoms with Gasteiger partial charge in [0.15, 0.2) is 18.9 Å². The number of allylic oxidation sites excluding steroid dienone is 25. The second-order valence-electron chi connectivity index (χ2n) is 28.8. The van der Waals surface area contributed by atoms with Crippen molar-refractivity contribution in [2.75, 3.05) is 26.4 Å². The maximum absolute atomic E-state index is 13.5. The third-order valence-electron chi connectivity index (χ3n) is 19.5. The van der Waals surface area contributed by atoms with Crippen molar-refractivity contribution >= 4 is 5.91 Å². The van der Waals surface area contributed by atoms with Gasteiger partial charge < -0.3 is 89.9 Å². The number of ether oxygens (including phenoxy) is 6. The summed E-state index contributed by atoms with van der Waals surface area (Å²) in [7, 11) is 0. The van der Waals surface area contributed by atoms with Gasteiger partial charge in [-0.3, -0.25) is 4.79 Å². The summed E-state index contributed by atoms with van der Waals surface area (Å²) in [6, 6.07) is -1.04. The van der Waals surface area contributed by atoms with Gasteiger partial charge >= 0.3 is 0 Å². The molecule has 3 heterocycles. The van der Waals surface area contributed by atoms with Gasteiger partial charge in [0.2, 0.25) is 5.91 Å². The average molecular weight is 1520 g/mol. The van der Waals surface area contributed by atoms with Crippen molar-refractivity contribution < 1.29 is 89.4 Å². The van der Waals surface area contributed by atoms with E-state index in [0.29, 0.717) is 12.8 Å². The van der Waals surface area contributed by atoms with Gasteiger partial charge in [0.05, 0.1) is 38.6 Å². The molecule has 0 aliphatic carbocycles. The Morgan fingerprint density at radius 2 is 0.648 bits per heavy atom. The van der Waals surface area contributed by atoms with Crippen molar-refractivity contribution in [1.29, 1.82) is 0 Å². The minimum Gasteiger partial charge on any atom is -0.394 e. The van der Waals surface area contributed by atoms with Gasteiger partial charge in [-0.15, -0.1) is 0 Å². The second-order valence-corrected chi connectivity index (χ2v) is 28.8. The fourth-order valence-corrected chi connectivity index (χ4v) is 12.9. The summed E-state index contributed by atoms with van der Waals surface area (Å²) in [5.41, 5.74) is 0. The van der Waals surface area contributed by atoms with Crippen LogP contribution in [0.3, 0.4) is 0 Å². The van der Waals surface area contributed by atoms with Crippen LogP contribution in [0.1, 0.15) is 264 Å². The molecule has 12 N–H and O–H groups in total. The summed E-state index contributed by atoms with van der Waals surface area (Å²) in [6.07, 6.45) is 72.4. The Hall–Kier alpha value is -4.59. The molecule has 3 aliphatic rings. The highest BCUT2D eigenvalue weighted by atomic mass is 16.8. The summed E-state index contributed by atoms with van der Waals surface area (Å²) < 4.78 is 34.4. The van der Waals surface area contributed by atoms with E-state index in [1.165, 1.54) is 128 Å². The predicted molar refractivity (Wildman–Crippen MR) is 433 cm³/mol. The molecule has 1 amide bonds. The maximum Gasteiger partial charge on any atom is 0.220 e. The topological polar surface area (TPSA) is 307 Å². The molecule has 3 aliphatic heterocycles. The van der Waals surface area contributed by atoms with Gasteiger partial charge in [-0.1, -0.05) is 294 Å². The summed E-state index contributed by atoms with van der Waals surface area (Å²) in [4.78, 5) is 13.5. The smallest absolute Gasteiger partial charge is 0.220 e. The maximum atomic E-state index is 13.5. The first kappa shape index (κ1) is 97.6. The Bertz CT molecular complexity index is 2570. The summed E-state index contributed by atoms with van der Waals surface area (Å²) >= 11 is 0. The van der Waals surface area contributed by atoms with Crippen LogP contribution in [0.4, 0.5) is 0 Å².